The molecule has 0 radical (unpaired) electrons. The quantitative estimate of drug-likeness (QED) is 0.790. The highest BCUT2D eigenvalue weighted by molar-refractivity contribution is 6.00. The lowest BCUT2D eigenvalue weighted by atomic mass is 9.86. The molecule has 1 aromatic rings. The molecule has 0 spiro atoms. The molecule has 1 aliphatic carbocycles. The first kappa shape index (κ1) is 20.4. The molecule has 1 heterocycles. The fraction of sp³-hybridized carbons (Fsp3) is 0.591. The monoisotopic (exact) mass is 386 g/mol. The number of esters is 1. The number of carbonyl (C=O) groups excluding carboxylic acids is 3. The topological polar surface area (TPSA) is 75.7 Å². The Hall–Kier alpha value is -2.37. The van der Waals surface area contributed by atoms with Crippen molar-refractivity contribution in [2.24, 2.45) is 11.8 Å². The van der Waals surface area contributed by atoms with Crippen LogP contribution in [0.25, 0.3) is 0 Å². The van der Waals surface area contributed by atoms with E-state index in [1.807, 2.05) is 32.0 Å². The fourth-order valence-electron chi connectivity index (χ4n) is 4.16. The minimum Gasteiger partial charge on any atom is -0.455 e. The summed E-state index contributed by atoms with van der Waals surface area (Å²) in [5.74, 6) is -0.910. The lowest BCUT2D eigenvalue weighted by Crippen LogP contribution is -2.43. The third-order valence-electron chi connectivity index (χ3n) is 6.13. The SMILES string of the molecule is Cc1cccc(N2C[C@@H](C(=O)OCC(=O)N[C@@H]3CCCC[C@@H]3C)CC2=O)c1C. The van der Waals surface area contributed by atoms with Crippen molar-refractivity contribution in [3.8, 4) is 0 Å². The summed E-state index contributed by atoms with van der Waals surface area (Å²) in [7, 11) is 0. The number of hydrogen-bond donors (Lipinski definition) is 1. The number of hydrogen-bond acceptors (Lipinski definition) is 4. The van der Waals surface area contributed by atoms with E-state index in [1.165, 1.54) is 6.42 Å². The van der Waals surface area contributed by atoms with E-state index in [1.54, 1.807) is 4.90 Å². The van der Waals surface area contributed by atoms with Crippen molar-refractivity contribution in [1.29, 1.82) is 0 Å². The van der Waals surface area contributed by atoms with E-state index < -0.39 is 11.9 Å². The Bertz CT molecular complexity index is 761. The Morgan fingerprint density at radius 3 is 2.71 bits per heavy atom. The van der Waals surface area contributed by atoms with Crippen molar-refractivity contribution >= 4 is 23.5 Å². The molecule has 1 N–H and O–H groups in total. The van der Waals surface area contributed by atoms with Crippen LogP contribution in [-0.4, -0.2) is 37.0 Å². The van der Waals surface area contributed by atoms with Crippen molar-refractivity contribution in [1.82, 2.24) is 5.32 Å². The highest BCUT2D eigenvalue weighted by atomic mass is 16.5. The van der Waals surface area contributed by atoms with Gasteiger partial charge in [-0.25, -0.2) is 0 Å². The molecule has 2 amide bonds. The third-order valence-corrected chi connectivity index (χ3v) is 6.13. The van der Waals surface area contributed by atoms with Crippen LogP contribution in [0.4, 0.5) is 5.69 Å². The van der Waals surface area contributed by atoms with E-state index in [0.29, 0.717) is 12.5 Å². The average Bonchev–Trinajstić information content (AvgIpc) is 3.05. The molecule has 6 nitrogen and oxygen atoms in total. The first-order chi connectivity index (χ1) is 13.4. The summed E-state index contributed by atoms with van der Waals surface area (Å²) in [6, 6.07) is 5.96. The van der Waals surface area contributed by atoms with Gasteiger partial charge in [0.25, 0.3) is 5.91 Å². The van der Waals surface area contributed by atoms with Crippen LogP contribution in [0.2, 0.25) is 0 Å². The van der Waals surface area contributed by atoms with Gasteiger partial charge in [0.15, 0.2) is 6.61 Å². The number of benzene rings is 1. The van der Waals surface area contributed by atoms with Crippen LogP contribution in [0.3, 0.4) is 0 Å². The summed E-state index contributed by atoms with van der Waals surface area (Å²) in [5, 5.41) is 2.98. The van der Waals surface area contributed by atoms with E-state index in [2.05, 4.69) is 12.2 Å². The van der Waals surface area contributed by atoms with Gasteiger partial charge in [-0.05, 0) is 49.8 Å². The zero-order valence-corrected chi connectivity index (χ0v) is 17.0. The summed E-state index contributed by atoms with van der Waals surface area (Å²) in [6.45, 7) is 6.12. The van der Waals surface area contributed by atoms with E-state index in [-0.39, 0.29) is 30.9 Å². The minimum absolute atomic E-state index is 0.0869. The van der Waals surface area contributed by atoms with E-state index >= 15 is 0 Å². The number of carbonyl (C=O) groups is 3. The second kappa shape index (κ2) is 8.76. The van der Waals surface area contributed by atoms with Gasteiger partial charge in [0.05, 0.1) is 5.92 Å². The van der Waals surface area contributed by atoms with Crippen LogP contribution in [0.1, 0.15) is 50.2 Å². The molecule has 28 heavy (non-hydrogen) atoms. The predicted molar refractivity (Wildman–Crippen MR) is 107 cm³/mol. The molecule has 152 valence electrons. The molecule has 2 aliphatic rings. The van der Waals surface area contributed by atoms with Crippen LogP contribution in [0.5, 0.6) is 0 Å². The molecule has 1 aliphatic heterocycles. The number of aryl methyl sites for hydroxylation is 1. The Labute approximate surface area is 166 Å². The molecule has 6 heteroatoms. The third kappa shape index (κ3) is 4.54. The van der Waals surface area contributed by atoms with Crippen LogP contribution < -0.4 is 10.2 Å². The molecule has 0 aromatic heterocycles. The largest absolute Gasteiger partial charge is 0.455 e. The predicted octanol–water partition coefficient (Wildman–Crippen LogP) is 2.89. The lowest BCUT2D eigenvalue weighted by molar-refractivity contribution is -0.152. The number of nitrogens with one attached hydrogen (secondary N) is 1. The lowest BCUT2D eigenvalue weighted by Gasteiger charge is -2.29. The summed E-state index contributed by atoms with van der Waals surface area (Å²) in [4.78, 5) is 38.6. The van der Waals surface area contributed by atoms with Gasteiger partial charge >= 0.3 is 5.97 Å². The Morgan fingerprint density at radius 1 is 1.21 bits per heavy atom. The number of rotatable bonds is 5. The zero-order chi connectivity index (χ0) is 20.3. The van der Waals surface area contributed by atoms with Crippen molar-refractivity contribution in [2.45, 2.75) is 58.9 Å². The number of ether oxygens (including phenoxy) is 1. The molecule has 1 saturated heterocycles. The molecule has 2 fully saturated rings. The summed E-state index contributed by atoms with van der Waals surface area (Å²) >= 11 is 0. The molecular weight excluding hydrogens is 356 g/mol. The van der Waals surface area contributed by atoms with Gasteiger partial charge < -0.3 is 15.0 Å². The number of nitrogens with zero attached hydrogens (tertiary/aromatic N) is 1. The van der Waals surface area contributed by atoms with Crippen molar-refractivity contribution in [3.63, 3.8) is 0 Å². The highest BCUT2D eigenvalue weighted by Gasteiger charge is 2.37. The van der Waals surface area contributed by atoms with Gasteiger partial charge in [-0.1, -0.05) is 31.9 Å². The van der Waals surface area contributed by atoms with Crippen LogP contribution >= 0.6 is 0 Å². The molecule has 3 rings (SSSR count). The van der Waals surface area contributed by atoms with Crippen molar-refractivity contribution in [3.05, 3.63) is 29.3 Å². The molecular formula is C22H30N2O4. The van der Waals surface area contributed by atoms with Gasteiger partial charge in [0.2, 0.25) is 5.91 Å². The maximum absolute atomic E-state index is 12.4. The molecule has 0 bridgehead atoms. The van der Waals surface area contributed by atoms with Crippen LogP contribution in [0, 0.1) is 25.7 Å². The second-order valence-electron chi connectivity index (χ2n) is 8.17. The smallest absolute Gasteiger partial charge is 0.311 e. The van der Waals surface area contributed by atoms with Gasteiger partial charge in [0.1, 0.15) is 0 Å². The summed E-state index contributed by atoms with van der Waals surface area (Å²) in [6.07, 6.45) is 4.53. The van der Waals surface area contributed by atoms with Gasteiger partial charge in [-0.3, -0.25) is 14.4 Å². The maximum Gasteiger partial charge on any atom is 0.311 e. The van der Waals surface area contributed by atoms with Gasteiger partial charge in [0, 0.05) is 24.7 Å². The van der Waals surface area contributed by atoms with E-state index in [0.717, 1.165) is 36.1 Å². The van der Waals surface area contributed by atoms with Gasteiger partial charge in [-0.2, -0.15) is 0 Å². The molecule has 3 atom stereocenters. The minimum atomic E-state index is -0.534. The summed E-state index contributed by atoms with van der Waals surface area (Å²) in [5.41, 5.74) is 2.97. The van der Waals surface area contributed by atoms with Crippen molar-refractivity contribution in [2.75, 3.05) is 18.1 Å². The number of anilines is 1. The van der Waals surface area contributed by atoms with Gasteiger partial charge in [-0.15, -0.1) is 0 Å². The van der Waals surface area contributed by atoms with Crippen LogP contribution in [0.15, 0.2) is 18.2 Å². The Kier molecular flexibility index (Phi) is 6.37. The second-order valence-corrected chi connectivity index (χ2v) is 8.17. The number of amides is 2. The first-order valence-electron chi connectivity index (χ1n) is 10.2. The maximum atomic E-state index is 12.4. The molecule has 1 saturated carbocycles. The zero-order valence-electron chi connectivity index (χ0n) is 17.0. The van der Waals surface area contributed by atoms with E-state index in [9.17, 15) is 14.4 Å². The fourth-order valence-corrected chi connectivity index (χ4v) is 4.16. The summed E-state index contributed by atoms with van der Waals surface area (Å²) < 4.78 is 5.22. The molecule has 1 aromatic carbocycles. The average molecular weight is 386 g/mol. The standard InChI is InChI=1S/C22H30N2O4/c1-14-8-6-10-19(16(14)3)24-12-17(11-21(24)26)22(27)28-13-20(25)23-18-9-5-4-7-15(18)2/h6,8,10,15,17-18H,4-5,7,9,11-13H2,1-3H3,(H,23,25)/t15-,17-,18+/m0/s1. The van der Waals surface area contributed by atoms with Crippen molar-refractivity contribution < 1.29 is 19.1 Å². The molecule has 0 unspecified atom stereocenters. The van der Waals surface area contributed by atoms with E-state index in [4.69, 9.17) is 4.74 Å². The first-order valence-corrected chi connectivity index (χ1v) is 10.2. The Morgan fingerprint density at radius 2 is 1.96 bits per heavy atom. The van der Waals surface area contributed by atoms with Crippen LogP contribution in [-0.2, 0) is 19.1 Å². The Balaban J connectivity index is 1.52. The highest BCUT2D eigenvalue weighted by Crippen LogP contribution is 2.30. The normalized spacial score (nSPS) is 24.9.